The minimum atomic E-state index is 0.620. The molecule has 0 aliphatic rings. The Kier molecular flexibility index (Phi) is 2.22. The molecule has 2 heterocycles. The van der Waals surface area contributed by atoms with Crippen molar-refractivity contribution in [3.8, 4) is 11.4 Å². The largest absolute Gasteiger partial charge is 0.372 e. The average molecular weight is 225 g/mol. The van der Waals surface area contributed by atoms with E-state index in [1.54, 1.807) is 6.20 Å². The maximum atomic E-state index is 4.38. The molecule has 0 aliphatic heterocycles. The predicted molar refractivity (Wildman–Crippen MR) is 66.7 cm³/mol. The van der Waals surface area contributed by atoms with Crippen molar-refractivity contribution in [2.45, 2.75) is 0 Å². The first-order valence-electron chi connectivity index (χ1n) is 5.32. The molecular weight excluding hydrogens is 214 g/mol. The van der Waals surface area contributed by atoms with E-state index in [0.29, 0.717) is 11.6 Å². The third-order valence-corrected chi connectivity index (χ3v) is 2.65. The van der Waals surface area contributed by atoms with Crippen LogP contribution < -0.4 is 5.32 Å². The highest BCUT2D eigenvalue weighted by Crippen LogP contribution is 2.25. The smallest absolute Gasteiger partial charge is 0.185 e. The van der Waals surface area contributed by atoms with Crippen molar-refractivity contribution in [1.82, 2.24) is 20.2 Å². The van der Waals surface area contributed by atoms with Gasteiger partial charge < -0.3 is 10.3 Å². The number of rotatable bonds is 2. The predicted octanol–water partition coefficient (Wildman–Crippen LogP) is 2.06. The van der Waals surface area contributed by atoms with E-state index in [-0.39, 0.29) is 0 Å². The fraction of sp³-hybridized carbons (Fsp3) is 0.0833. The van der Waals surface area contributed by atoms with E-state index in [2.05, 4.69) is 25.5 Å². The molecule has 0 spiro atoms. The summed E-state index contributed by atoms with van der Waals surface area (Å²) in [5, 5.41) is 12.0. The van der Waals surface area contributed by atoms with Gasteiger partial charge in [0.1, 0.15) is 5.82 Å². The molecule has 0 aliphatic carbocycles. The molecule has 1 aromatic carbocycles. The Morgan fingerprint density at radius 3 is 3.00 bits per heavy atom. The standard InChI is InChI=1S/C12H11N5/c1-13-11-7-15-17-12(16-11)9-6-14-10-5-3-2-4-8(9)10/h2-7,14H,1H3,(H,13,16,17). The summed E-state index contributed by atoms with van der Waals surface area (Å²) in [7, 11) is 1.81. The van der Waals surface area contributed by atoms with Gasteiger partial charge in [-0.15, -0.1) is 5.10 Å². The van der Waals surface area contributed by atoms with Crippen molar-refractivity contribution in [3.05, 3.63) is 36.7 Å². The van der Waals surface area contributed by atoms with Gasteiger partial charge in [-0.2, -0.15) is 5.10 Å². The van der Waals surface area contributed by atoms with Crippen molar-refractivity contribution in [1.29, 1.82) is 0 Å². The fourth-order valence-electron chi connectivity index (χ4n) is 1.79. The van der Waals surface area contributed by atoms with E-state index in [1.807, 2.05) is 37.5 Å². The summed E-state index contributed by atoms with van der Waals surface area (Å²) < 4.78 is 0. The number of H-pyrrole nitrogens is 1. The number of hydrogen-bond acceptors (Lipinski definition) is 4. The number of nitrogens with one attached hydrogen (secondary N) is 2. The quantitative estimate of drug-likeness (QED) is 0.700. The second kappa shape index (κ2) is 3.86. The molecule has 0 fully saturated rings. The Morgan fingerprint density at radius 1 is 1.24 bits per heavy atom. The number of anilines is 1. The van der Waals surface area contributed by atoms with Crippen molar-refractivity contribution in [3.63, 3.8) is 0 Å². The lowest BCUT2D eigenvalue weighted by molar-refractivity contribution is 0.982. The molecular formula is C12H11N5. The summed E-state index contributed by atoms with van der Waals surface area (Å²) in [6.07, 6.45) is 3.50. The molecule has 0 radical (unpaired) electrons. The van der Waals surface area contributed by atoms with Crippen molar-refractivity contribution < 1.29 is 0 Å². The van der Waals surface area contributed by atoms with Crippen LogP contribution in [-0.2, 0) is 0 Å². The highest BCUT2D eigenvalue weighted by molar-refractivity contribution is 5.93. The van der Waals surface area contributed by atoms with Crippen LogP contribution in [0.25, 0.3) is 22.3 Å². The van der Waals surface area contributed by atoms with Gasteiger partial charge in [-0.25, -0.2) is 4.98 Å². The molecule has 0 amide bonds. The van der Waals surface area contributed by atoms with Crippen LogP contribution in [0.3, 0.4) is 0 Å². The minimum absolute atomic E-state index is 0.620. The lowest BCUT2D eigenvalue weighted by Gasteiger charge is -2.00. The molecule has 0 atom stereocenters. The van der Waals surface area contributed by atoms with E-state index in [9.17, 15) is 0 Å². The molecule has 5 heteroatoms. The van der Waals surface area contributed by atoms with E-state index in [4.69, 9.17) is 0 Å². The average Bonchev–Trinajstić information content (AvgIpc) is 2.82. The van der Waals surface area contributed by atoms with Crippen molar-refractivity contribution in [2.75, 3.05) is 12.4 Å². The van der Waals surface area contributed by atoms with Gasteiger partial charge in [-0.1, -0.05) is 18.2 Å². The van der Waals surface area contributed by atoms with Gasteiger partial charge >= 0.3 is 0 Å². The lowest BCUT2D eigenvalue weighted by Crippen LogP contribution is -1.97. The molecule has 0 saturated heterocycles. The molecule has 0 unspecified atom stereocenters. The molecule has 2 N–H and O–H groups in total. The van der Waals surface area contributed by atoms with Crippen LogP contribution in [0.15, 0.2) is 36.7 Å². The highest BCUT2D eigenvalue weighted by Gasteiger charge is 2.08. The lowest BCUT2D eigenvalue weighted by atomic mass is 10.2. The summed E-state index contributed by atoms with van der Waals surface area (Å²) in [6, 6.07) is 8.05. The van der Waals surface area contributed by atoms with Crippen LogP contribution in [0.1, 0.15) is 0 Å². The van der Waals surface area contributed by atoms with Gasteiger partial charge in [0.2, 0.25) is 0 Å². The number of hydrogen-bond donors (Lipinski definition) is 2. The third-order valence-electron chi connectivity index (χ3n) is 2.65. The van der Waals surface area contributed by atoms with Crippen molar-refractivity contribution >= 4 is 16.7 Å². The molecule has 17 heavy (non-hydrogen) atoms. The van der Waals surface area contributed by atoms with Crippen LogP contribution in [0.5, 0.6) is 0 Å². The van der Waals surface area contributed by atoms with Gasteiger partial charge in [-0.3, -0.25) is 0 Å². The van der Waals surface area contributed by atoms with Gasteiger partial charge in [0.15, 0.2) is 5.82 Å². The molecule has 3 rings (SSSR count). The SMILES string of the molecule is CNc1cnnc(-c2c[nH]c3ccccc23)n1. The molecule has 5 nitrogen and oxygen atoms in total. The monoisotopic (exact) mass is 225 g/mol. The first kappa shape index (κ1) is 9.77. The van der Waals surface area contributed by atoms with E-state index in [0.717, 1.165) is 16.5 Å². The van der Waals surface area contributed by atoms with Gasteiger partial charge in [-0.05, 0) is 6.07 Å². The van der Waals surface area contributed by atoms with E-state index < -0.39 is 0 Å². The summed E-state index contributed by atoms with van der Waals surface area (Å²) in [5.74, 6) is 1.33. The second-order valence-electron chi connectivity index (χ2n) is 3.66. The zero-order valence-electron chi connectivity index (χ0n) is 9.31. The van der Waals surface area contributed by atoms with Crippen LogP contribution in [-0.4, -0.2) is 27.2 Å². The molecule has 0 bridgehead atoms. The zero-order valence-corrected chi connectivity index (χ0v) is 9.31. The van der Waals surface area contributed by atoms with Gasteiger partial charge in [0, 0.05) is 29.7 Å². The maximum absolute atomic E-state index is 4.38. The fourth-order valence-corrected chi connectivity index (χ4v) is 1.79. The minimum Gasteiger partial charge on any atom is -0.372 e. The Bertz CT molecular complexity index is 659. The Morgan fingerprint density at radius 2 is 2.12 bits per heavy atom. The number of para-hydroxylation sites is 1. The van der Waals surface area contributed by atoms with Crippen LogP contribution in [0.2, 0.25) is 0 Å². The molecule has 3 aromatic rings. The maximum Gasteiger partial charge on any atom is 0.185 e. The number of fused-ring (bicyclic) bond motifs is 1. The number of benzene rings is 1. The third kappa shape index (κ3) is 1.61. The van der Waals surface area contributed by atoms with Gasteiger partial charge in [0.25, 0.3) is 0 Å². The Hall–Kier alpha value is -2.43. The zero-order chi connectivity index (χ0) is 11.7. The topological polar surface area (TPSA) is 66.5 Å². The van der Waals surface area contributed by atoms with Crippen LogP contribution >= 0.6 is 0 Å². The number of aromatic amines is 1. The first-order chi connectivity index (χ1) is 8.38. The first-order valence-corrected chi connectivity index (χ1v) is 5.32. The van der Waals surface area contributed by atoms with Crippen LogP contribution in [0, 0.1) is 0 Å². The summed E-state index contributed by atoms with van der Waals surface area (Å²) >= 11 is 0. The highest BCUT2D eigenvalue weighted by atomic mass is 15.2. The molecule has 84 valence electrons. The molecule has 2 aromatic heterocycles. The van der Waals surface area contributed by atoms with E-state index in [1.165, 1.54) is 0 Å². The Balaban J connectivity index is 2.20. The Labute approximate surface area is 97.9 Å². The number of aromatic nitrogens is 4. The summed E-state index contributed by atoms with van der Waals surface area (Å²) in [4.78, 5) is 7.58. The van der Waals surface area contributed by atoms with Gasteiger partial charge in [0.05, 0.1) is 6.20 Å². The normalized spacial score (nSPS) is 10.6. The summed E-state index contributed by atoms with van der Waals surface area (Å²) in [6.45, 7) is 0. The second-order valence-corrected chi connectivity index (χ2v) is 3.66. The summed E-state index contributed by atoms with van der Waals surface area (Å²) in [5.41, 5.74) is 2.03. The number of nitrogens with zero attached hydrogens (tertiary/aromatic N) is 3. The van der Waals surface area contributed by atoms with E-state index >= 15 is 0 Å². The molecule has 0 saturated carbocycles. The van der Waals surface area contributed by atoms with Crippen molar-refractivity contribution in [2.24, 2.45) is 0 Å². The van der Waals surface area contributed by atoms with Crippen LogP contribution in [0.4, 0.5) is 5.82 Å².